The van der Waals surface area contributed by atoms with E-state index in [9.17, 15) is 19.5 Å². The molecule has 0 bridgehead atoms. The van der Waals surface area contributed by atoms with Gasteiger partial charge in [-0.1, -0.05) is 299 Å². The molecule has 0 aliphatic heterocycles. The molecule has 0 fully saturated rings. The van der Waals surface area contributed by atoms with Crippen molar-refractivity contribution in [3.05, 3.63) is 60.8 Å². The van der Waals surface area contributed by atoms with Crippen LogP contribution >= 0.6 is 0 Å². The van der Waals surface area contributed by atoms with Gasteiger partial charge in [-0.05, 0) is 57.8 Å². The van der Waals surface area contributed by atoms with E-state index in [0.717, 1.165) is 77.0 Å². The normalized spacial score (nSPS) is 13.1. The summed E-state index contributed by atoms with van der Waals surface area (Å²) in [5.74, 6) is -1.99. The van der Waals surface area contributed by atoms with Crippen LogP contribution in [0.1, 0.15) is 309 Å². The van der Waals surface area contributed by atoms with Gasteiger partial charge in [0, 0.05) is 12.8 Å². The molecule has 0 aromatic carbocycles. The smallest absolute Gasteiger partial charge is 0.361 e. The van der Waals surface area contributed by atoms with Gasteiger partial charge in [0.25, 0.3) is 6.29 Å². The maximum atomic E-state index is 12.9. The molecule has 9 nitrogen and oxygen atoms in total. The SMILES string of the molecule is CC/C=C\C/C=C\C/C=C\C/C=C\C/C=C\CCCCCCCCCCCCCC(=O)OC(COC(=O)CCCCCCCCCCCCCCCCCCCCCCCCCCCCC)COC(OCC[N+](C)(C)C)C(=O)O. The summed E-state index contributed by atoms with van der Waals surface area (Å²) in [4.78, 5) is 37.6. The van der Waals surface area contributed by atoms with E-state index in [1.807, 2.05) is 21.1 Å². The lowest BCUT2D eigenvalue weighted by molar-refractivity contribution is -0.870. The van der Waals surface area contributed by atoms with Gasteiger partial charge in [-0.25, -0.2) is 4.79 Å². The minimum atomic E-state index is -1.51. The van der Waals surface area contributed by atoms with Crippen LogP contribution in [0.2, 0.25) is 0 Å². The second kappa shape index (κ2) is 61.1. The zero-order valence-corrected chi connectivity index (χ0v) is 52.5. The van der Waals surface area contributed by atoms with Gasteiger partial charge in [0.05, 0.1) is 34.4 Å². The van der Waals surface area contributed by atoms with E-state index < -0.39 is 24.3 Å². The fraction of sp³-hybridized carbons (Fsp3) is 0.814. The first kappa shape index (κ1) is 76.0. The predicted molar refractivity (Wildman–Crippen MR) is 336 cm³/mol. The number of carboxylic acids is 1. The van der Waals surface area contributed by atoms with Crippen LogP contribution in [0.15, 0.2) is 60.8 Å². The van der Waals surface area contributed by atoms with Gasteiger partial charge in [-0.2, -0.15) is 0 Å². The van der Waals surface area contributed by atoms with E-state index in [4.69, 9.17) is 18.9 Å². The second-order valence-electron chi connectivity index (χ2n) is 23.8. The summed E-state index contributed by atoms with van der Waals surface area (Å²) >= 11 is 0. The number of carboxylic acid groups (broad SMARTS) is 1. The van der Waals surface area contributed by atoms with Crippen molar-refractivity contribution < 1.29 is 42.9 Å². The molecule has 79 heavy (non-hydrogen) atoms. The van der Waals surface area contributed by atoms with Crippen molar-refractivity contribution in [2.45, 2.75) is 322 Å². The maximum absolute atomic E-state index is 12.9. The molecule has 0 rings (SSSR count). The third kappa shape index (κ3) is 62.4. The Morgan fingerprint density at radius 1 is 0.392 bits per heavy atom. The maximum Gasteiger partial charge on any atom is 0.361 e. The van der Waals surface area contributed by atoms with Crippen LogP contribution in [-0.4, -0.2) is 87.4 Å². The number of hydrogen-bond donors (Lipinski definition) is 1. The van der Waals surface area contributed by atoms with Crippen molar-refractivity contribution in [3.63, 3.8) is 0 Å². The molecule has 0 aliphatic carbocycles. The number of carbonyl (C=O) groups excluding carboxylic acids is 2. The van der Waals surface area contributed by atoms with Gasteiger partial charge in [-0.3, -0.25) is 9.59 Å². The van der Waals surface area contributed by atoms with Crippen LogP contribution in [0.3, 0.4) is 0 Å². The van der Waals surface area contributed by atoms with Gasteiger partial charge in [0.15, 0.2) is 6.10 Å². The van der Waals surface area contributed by atoms with Crippen molar-refractivity contribution in [2.75, 3.05) is 47.5 Å². The number of aliphatic carboxylic acids is 1. The summed E-state index contributed by atoms with van der Waals surface area (Å²) in [6, 6.07) is 0. The standard InChI is InChI=1S/C70H127NO8/c1-6-8-10-12-14-16-18-20-22-24-26-28-30-32-34-36-38-40-42-44-46-48-50-52-54-56-58-60-67(72)77-64-66(65-78-70(69(74)75)76-63-62-71(3,4)5)79-68(73)61-59-57-55-53-51-49-47-45-43-41-39-37-35-33-31-29-27-25-23-21-19-17-15-13-11-9-7-2/h9,11,15,17,21,23,27,29,33,35,66,70H,6-8,10,12-14,16,18-20,22,24-26,28,30-32,34,36-65H2,1-5H3/p+1/b11-9-,17-15-,23-21-,29-27-,35-33-. The van der Waals surface area contributed by atoms with Crippen molar-refractivity contribution in [1.29, 1.82) is 0 Å². The zero-order chi connectivity index (χ0) is 57.6. The Morgan fingerprint density at radius 3 is 1.08 bits per heavy atom. The number of nitrogens with zero attached hydrogens (tertiary/aromatic N) is 1. The van der Waals surface area contributed by atoms with Gasteiger partial charge in [0.2, 0.25) is 0 Å². The number of carbonyl (C=O) groups is 3. The van der Waals surface area contributed by atoms with Gasteiger partial charge in [-0.15, -0.1) is 0 Å². The first-order valence-corrected chi connectivity index (χ1v) is 33.5. The number of allylic oxidation sites excluding steroid dienone is 10. The third-order valence-electron chi connectivity index (χ3n) is 14.8. The number of ether oxygens (including phenoxy) is 4. The monoisotopic (exact) mass is 1110 g/mol. The molecular formula is C70H128NO8+. The first-order valence-electron chi connectivity index (χ1n) is 33.5. The van der Waals surface area contributed by atoms with Crippen LogP contribution < -0.4 is 0 Å². The highest BCUT2D eigenvalue weighted by Gasteiger charge is 2.25. The molecule has 0 radical (unpaired) electrons. The number of esters is 2. The molecule has 0 amide bonds. The minimum Gasteiger partial charge on any atom is -0.477 e. The molecule has 1 N–H and O–H groups in total. The molecule has 0 aliphatic rings. The molecule has 2 unspecified atom stereocenters. The number of hydrogen-bond acceptors (Lipinski definition) is 7. The molecule has 9 heteroatoms. The highest BCUT2D eigenvalue weighted by molar-refractivity contribution is 5.71. The average Bonchev–Trinajstić information content (AvgIpc) is 3.42. The van der Waals surface area contributed by atoms with Gasteiger partial charge >= 0.3 is 17.9 Å². The fourth-order valence-corrected chi connectivity index (χ4v) is 9.69. The molecular weight excluding hydrogens is 983 g/mol. The minimum absolute atomic E-state index is 0.181. The Morgan fingerprint density at radius 2 is 0.722 bits per heavy atom. The lowest BCUT2D eigenvalue weighted by Crippen LogP contribution is -2.40. The summed E-state index contributed by atoms with van der Waals surface area (Å²) in [6.45, 7) is 4.81. The van der Waals surface area contributed by atoms with E-state index in [-0.39, 0.29) is 32.2 Å². The highest BCUT2D eigenvalue weighted by Crippen LogP contribution is 2.18. The number of unbranched alkanes of at least 4 members (excludes halogenated alkanes) is 37. The molecule has 0 saturated heterocycles. The fourth-order valence-electron chi connectivity index (χ4n) is 9.69. The molecule has 0 aromatic heterocycles. The van der Waals surface area contributed by atoms with E-state index >= 15 is 0 Å². The van der Waals surface area contributed by atoms with Crippen molar-refractivity contribution in [1.82, 2.24) is 0 Å². The average molecular weight is 1110 g/mol. The quantitative estimate of drug-likeness (QED) is 0.0211. The summed E-state index contributed by atoms with van der Waals surface area (Å²) in [5, 5.41) is 9.74. The predicted octanol–water partition coefficient (Wildman–Crippen LogP) is 20.4. The Labute approximate surface area is 488 Å². The molecule has 0 heterocycles. The van der Waals surface area contributed by atoms with Crippen LogP contribution in [0.5, 0.6) is 0 Å². The van der Waals surface area contributed by atoms with Crippen LogP contribution in [-0.2, 0) is 33.3 Å². The molecule has 2 atom stereocenters. The third-order valence-corrected chi connectivity index (χ3v) is 14.8. The van der Waals surface area contributed by atoms with Crippen LogP contribution in [0, 0.1) is 0 Å². The summed E-state index contributed by atoms with van der Waals surface area (Å²) in [7, 11) is 5.98. The number of quaternary nitrogens is 1. The van der Waals surface area contributed by atoms with Crippen molar-refractivity contribution in [2.24, 2.45) is 0 Å². The zero-order valence-electron chi connectivity index (χ0n) is 52.5. The summed E-state index contributed by atoms with van der Waals surface area (Å²) < 4.78 is 23.0. The molecule has 0 saturated carbocycles. The van der Waals surface area contributed by atoms with E-state index in [0.29, 0.717) is 17.4 Å². The van der Waals surface area contributed by atoms with E-state index in [2.05, 4.69) is 74.6 Å². The number of likely N-dealkylation sites (N-methyl/N-ethyl adjacent to an activating group) is 1. The topological polar surface area (TPSA) is 108 Å². The Balaban J connectivity index is 4.13. The molecule has 0 spiro atoms. The molecule has 460 valence electrons. The van der Waals surface area contributed by atoms with Crippen molar-refractivity contribution in [3.8, 4) is 0 Å². The van der Waals surface area contributed by atoms with E-state index in [1.165, 1.54) is 205 Å². The Bertz CT molecular complexity index is 1480. The Kier molecular flexibility index (Phi) is 58.7. The lowest BCUT2D eigenvalue weighted by Gasteiger charge is -2.25. The summed E-state index contributed by atoms with van der Waals surface area (Å²) in [5.41, 5.74) is 0. The highest BCUT2D eigenvalue weighted by atomic mass is 16.7. The Hall–Kier alpha value is -3.01. The van der Waals surface area contributed by atoms with Crippen LogP contribution in [0.25, 0.3) is 0 Å². The first-order chi connectivity index (χ1) is 38.6. The van der Waals surface area contributed by atoms with E-state index in [1.54, 1.807) is 0 Å². The second-order valence-corrected chi connectivity index (χ2v) is 23.8. The van der Waals surface area contributed by atoms with Crippen LogP contribution in [0.4, 0.5) is 0 Å². The number of rotatable bonds is 62. The largest absolute Gasteiger partial charge is 0.477 e. The van der Waals surface area contributed by atoms with Crippen molar-refractivity contribution >= 4 is 17.9 Å². The molecule has 0 aromatic rings. The lowest BCUT2D eigenvalue weighted by atomic mass is 10.0. The van der Waals surface area contributed by atoms with Gasteiger partial charge in [0.1, 0.15) is 13.2 Å². The summed E-state index contributed by atoms with van der Waals surface area (Å²) in [6.07, 6.45) is 76.1. The van der Waals surface area contributed by atoms with Gasteiger partial charge < -0.3 is 28.5 Å².